The maximum absolute atomic E-state index is 10.4. The Morgan fingerprint density at radius 1 is 1.14 bits per heavy atom. The highest BCUT2D eigenvalue weighted by atomic mass is 16.4. The van der Waals surface area contributed by atoms with E-state index in [-0.39, 0.29) is 0 Å². The third-order valence-corrected chi connectivity index (χ3v) is 1.60. The molecule has 0 heterocycles. The Morgan fingerprint density at radius 2 is 1.64 bits per heavy atom. The van der Waals surface area contributed by atoms with Crippen LogP contribution in [0.2, 0.25) is 0 Å². The lowest BCUT2D eigenvalue weighted by molar-refractivity contribution is -0.145. The number of aliphatic hydroxyl groups is 5. The van der Waals surface area contributed by atoms with Crippen LogP contribution in [0.3, 0.4) is 0 Å². The molecule has 0 radical (unpaired) electrons. The van der Waals surface area contributed by atoms with Gasteiger partial charge in [0.1, 0.15) is 18.3 Å². The van der Waals surface area contributed by atoms with Gasteiger partial charge in [0, 0.05) is 5.18 Å². The molecule has 0 aromatic carbocycles. The lowest BCUT2D eigenvalue weighted by atomic mass is 10.0. The highest BCUT2D eigenvalue weighted by Crippen LogP contribution is 2.06. The number of nitroso groups, excluding NO2 is 1. The molecule has 0 saturated heterocycles. The minimum Gasteiger partial charge on any atom is -0.394 e. The molecule has 0 rings (SSSR count). The van der Waals surface area contributed by atoms with Crippen LogP contribution in [0, 0.1) is 4.91 Å². The zero-order valence-corrected chi connectivity index (χ0v) is 7.02. The maximum Gasteiger partial charge on any atom is 0.317 e. The summed E-state index contributed by atoms with van der Waals surface area (Å²) < 4.78 is 0. The number of hydrogen-bond acceptors (Lipinski definition) is 7. The largest absolute Gasteiger partial charge is 0.394 e. The van der Waals surface area contributed by atoms with Crippen molar-refractivity contribution in [1.29, 1.82) is 0 Å². The standard InChI is InChI=1S/C6H11NO7/c8-1-2(9)3(10)4(11)5(12)6(13)7-14/h2-5,8-12H,1H2/t2-,3-,4+,5-/m1/s1. The average molecular weight is 209 g/mol. The molecule has 0 aliphatic carbocycles. The fourth-order valence-corrected chi connectivity index (χ4v) is 0.722. The van der Waals surface area contributed by atoms with Gasteiger partial charge in [-0.1, -0.05) is 0 Å². The van der Waals surface area contributed by atoms with Crippen LogP contribution in [0.5, 0.6) is 0 Å². The van der Waals surface area contributed by atoms with Gasteiger partial charge in [-0.2, -0.15) is 0 Å². The zero-order valence-electron chi connectivity index (χ0n) is 7.02. The first-order chi connectivity index (χ1) is 6.45. The van der Waals surface area contributed by atoms with Crippen molar-refractivity contribution in [2.24, 2.45) is 5.18 Å². The van der Waals surface area contributed by atoms with E-state index in [1.54, 1.807) is 0 Å². The normalized spacial score (nSPS) is 19.5. The van der Waals surface area contributed by atoms with Gasteiger partial charge in [-0.15, -0.1) is 4.91 Å². The molecule has 0 aliphatic rings. The topological polar surface area (TPSA) is 148 Å². The fourth-order valence-electron chi connectivity index (χ4n) is 0.722. The number of hydrogen-bond donors (Lipinski definition) is 5. The van der Waals surface area contributed by atoms with Gasteiger partial charge in [0.05, 0.1) is 6.61 Å². The Balaban J connectivity index is 4.37. The second kappa shape index (κ2) is 5.73. The van der Waals surface area contributed by atoms with Crippen LogP contribution in [0.4, 0.5) is 0 Å². The van der Waals surface area contributed by atoms with Crippen LogP contribution in [0.15, 0.2) is 5.18 Å². The van der Waals surface area contributed by atoms with Crippen molar-refractivity contribution < 1.29 is 30.3 Å². The SMILES string of the molecule is O=NC(=O)[C@H](O)[C@@H](O)[C@H](O)[C@H](O)CO. The summed E-state index contributed by atoms with van der Waals surface area (Å²) in [5.41, 5.74) is 0. The van der Waals surface area contributed by atoms with Gasteiger partial charge in [-0.25, -0.2) is 0 Å². The van der Waals surface area contributed by atoms with Gasteiger partial charge < -0.3 is 25.5 Å². The predicted molar refractivity (Wildman–Crippen MR) is 41.9 cm³/mol. The molecule has 82 valence electrons. The molecule has 1 amide bonds. The molecule has 0 aliphatic heterocycles. The first-order valence-corrected chi connectivity index (χ1v) is 3.66. The van der Waals surface area contributed by atoms with E-state index in [9.17, 15) is 9.70 Å². The third kappa shape index (κ3) is 3.09. The second-order valence-corrected chi connectivity index (χ2v) is 2.61. The van der Waals surface area contributed by atoms with Gasteiger partial charge in [-0.05, 0) is 0 Å². The monoisotopic (exact) mass is 209 g/mol. The second-order valence-electron chi connectivity index (χ2n) is 2.61. The van der Waals surface area contributed by atoms with Gasteiger partial charge in [-0.3, -0.25) is 4.79 Å². The van der Waals surface area contributed by atoms with E-state index in [2.05, 4.69) is 0 Å². The first-order valence-electron chi connectivity index (χ1n) is 3.66. The molecular formula is C6H11NO7. The Morgan fingerprint density at radius 3 is 2.00 bits per heavy atom. The van der Waals surface area contributed by atoms with E-state index in [1.807, 2.05) is 5.18 Å². The third-order valence-electron chi connectivity index (χ3n) is 1.60. The summed E-state index contributed by atoms with van der Waals surface area (Å²) in [5.74, 6) is -1.57. The lowest BCUT2D eigenvalue weighted by Gasteiger charge is -2.23. The number of carbonyl (C=O) groups is 1. The molecule has 0 spiro atoms. The predicted octanol–water partition coefficient (Wildman–Crippen LogP) is -3.28. The molecular weight excluding hydrogens is 198 g/mol. The van der Waals surface area contributed by atoms with Crippen LogP contribution in [-0.4, -0.2) is 62.5 Å². The lowest BCUT2D eigenvalue weighted by Crippen LogP contribution is -2.48. The summed E-state index contributed by atoms with van der Waals surface area (Å²) in [5, 5.41) is 45.8. The molecule has 0 aromatic heterocycles. The van der Waals surface area contributed by atoms with E-state index in [4.69, 9.17) is 25.5 Å². The van der Waals surface area contributed by atoms with Crippen molar-refractivity contribution in [3.8, 4) is 0 Å². The summed E-state index contributed by atoms with van der Waals surface area (Å²) in [6.07, 6.45) is -7.97. The minimum atomic E-state index is -2.22. The number of amides is 1. The molecule has 14 heavy (non-hydrogen) atoms. The number of aliphatic hydroxyl groups excluding tert-OH is 5. The van der Waals surface area contributed by atoms with Gasteiger partial charge in [0.15, 0.2) is 6.10 Å². The molecule has 5 N–H and O–H groups in total. The smallest absolute Gasteiger partial charge is 0.317 e. The molecule has 4 atom stereocenters. The van der Waals surface area contributed by atoms with Crippen LogP contribution < -0.4 is 0 Å². The molecule has 0 fully saturated rings. The number of rotatable bonds is 5. The zero-order chi connectivity index (χ0) is 11.3. The van der Waals surface area contributed by atoms with Crippen molar-refractivity contribution in [2.45, 2.75) is 24.4 Å². The van der Waals surface area contributed by atoms with Crippen molar-refractivity contribution in [1.82, 2.24) is 0 Å². The fraction of sp³-hybridized carbons (Fsp3) is 0.833. The Labute approximate surface area is 78.4 Å². The summed E-state index contributed by atoms with van der Waals surface area (Å²) in [4.78, 5) is 20.1. The highest BCUT2D eigenvalue weighted by Gasteiger charge is 2.34. The minimum absolute atomic E-state index is 0.867. The molecule has 0 bridgehead atoms. The van der Waals surface area contributed by atoms with Crippen LogP contribution in [0.1, 0.15) is 0 Å². The molecule has 0 saturated carbocycles. The number of carbonyl (C=O) groups excluding carboxylic acids is 1. The highest BCUT2D eigenvalue weighted by molar-refractivity contribution is 5.81. The summed E-state index contributed by atoms with van der Waals surface area (Å²) in [6, 6.07) is 0. The number of nitrogens with zero attached hydrogens (tertiary/aromatic N) is 1. The summed E-state index contributed by atoms with van der Waals surface area (Å²) in [6.45, 7) is -0.867. The molecule has 8 heteroatoms. The van der Waals surface area contributed by atoms with Gasteiger partial charge in [0.2, 0.25) is 0 Å². The van der Waals surface area contributed by atoms with Crippen molar-refractivity contribution in [3.63, 3.8) is 0 Å². The Hall–Kier alpha value is -0.930. The van der Waals surface area contributed by atoms with E-state index < -0.39 is 36.9 Å². The quantitative estimate of drug-likeness (QED) is 0.298. The summed E-state index contributed by atoms with van der Waals surface area (Å²) in [7, 11) is 0. The molecule has 0 unspecified atom stereocenters. The van der Waals surface area contributed by atoms with Crippen molar-refractivity contribution in [2.75, 3.05) is 6.61 Å². The average Bonchev–Trinajstić information content (AvgIpc) is 2.23. The van der Waals surface area contributed by atoms with Crippen molar-refractivity contribution in [3.05, 3.63) is 4.91 Å². The van der Waals surface area contributed by atoms with Crippen molar-refractivity contribution >= 4 is 5.91 Å². The Bertz CT molecular complexity index is 208. The van der Waals surface area contributed by atoms with E-state index in [0.29, 0.717) is 0 Å². The molecule has 0 aromatic rings. The van der Waals surface area contributed by atoms with E-state index >= 15 is 0 Å². The summed E-state index contributed by atoms with van der Waals surface area (Å²) >= 11 is 0. The van der Waals surface area contributed by atoms with Crippen LogP contribution >= 0.6 is 0 Å². The maximum atomic E-state index is 10.4. The molecule has 8 nitrogen and oxygen atoms in total. The van der Waals surface area contributed by atoms with Crippen LogP contribution in [0.25, 0.3) is 0 Å². The first kappa shape index (κ1) is 13.1. The van der Waals surface area contributed by atoms with Gasteiger partial charge >= 0.3 is 5.91 Å². The Kier molecular flexibility index (Phi) is 5.35. The van der Waals surface area contributed by atoms with Crippen LogP contribution in [-0.2, 0) is 4.79 Å². The van der Waals surface area contributed by atoms with Gasteiger partial charge in [0.25, 0.3) is 0 Å². The van der Waals surface area contributed by atoms with E-state index in [0.717, 1.165) is 0 Å². The van der Waals surface area contributed by atoms with E-state index in [1.165, 1.54) is 0 Å².